The summed E-state index contributed by atoms with van der Waals surface area (Å²) in [7, 11) is 0. The van der Waals surface area contributed by atoms with Gasteiger partial charge < -0.3 is 0 Å². The van der Waals surface area contributed by atoms with Crippen LogP contribution in [0.5, 0.6) is 0 Å². The molecule has 37 heavy (non-hydrogen) atoms. The Balaban J connectivity index is 1.35. The van der Waals surface area contributed by atoms with E-state index in [1.165, 1.54) is 22.3 Å². The van der Waals surface area contributed by atoms with Crippen LogP contribution in [0, 0.1) is 5.82 Å². The number of likely N-dealkylation sites (tertiary alicyclic amines) is 1. The fraction of sp³-hybridized carbons (Fsp3) is 0.333. The number of benzene rings is 3. The molecule has 1 heterocycles. The summed E-state index contributed by atoms with van der Waals surface area (Å²) >= 11 is 0. The van der Waals surface area contributed by atoms with Gasteiger partial charge in [-0.2, -0.15) is 0 Å². The molecule has 1 nitrogen and oxygen atoms in total. The van der Waals surface area contributed by atoms with Gasteiger partial charge in [0.05, 0.1) is 0 Å². The highest BCUT2D eigenvalue weighted by molar-refractivity contribution is 6.00. The monoisotopic (exact) mass is 499 g/mol. The third-order valence-electron chi connectivity index (χ3n) is 8.09. The molecular weight excluding hydrogens is 467 g/mol. The predicted molar refractivity (Wildman–Crippen MR) is 145 cm³/mol. The lowest BCUT2D eigenvalue weighted by Gasteiger charge is -2.34. The number of fused-ring (bicyclic) bond motifs is 2. The SMILES string of the molecule is Fc1c(C2=C(c3ccc(C=C4CN(CCC(F)F)C4)cc3)c3ccccc3CCC2)ccc2c1CCC2. The predicted octanol–water partition coefficient (Wildman–Crippen LogP) is 7.96. The van der Waals surface area contributed by atoms with Gasteiger partial charge in [0.1, 0.15) is 5.82 Å². The maximum absolute atomic E-state index is 15.9. The molecule has 1 aliphatic heterocycles. The molecule has 0 atom stereocenters. The Labute approximate surface area is 217 Å². The van der Waals surface area contributed by atoms with Crippen LogP contribution < -0.4 is 0 Å². The largest absolute Gasteiger partial charge is 0.295 e. The minimum Gasteiger partial charge on any atom is -0.295 e. The van der Waals surface area contributed by atoms with Crippen LogP contribution in [0.15, 0.2) is 66.2 Å². The lowest BCUT2D eigenvalue weighted by Crippen LogP contribution is -2.40. The van der Waals surface area contributed by atoms with Crippen molar-refractivity contribution < 1.29 is 13.2 Å². The highest BCUT2D eigenvalue weighted by atomic mass is 19.3. The second kappa shape index (κ2) is 10.3. The van der Waals surface area contributed by atoms with E-state index in [2.05, 4.69) is 65.6 Å². The zero-order valence-corrected chi connectivity index (χ0v) is 21.1. The van der Waals surface area contributed by atoms with Gasteiger partial charge in [-0.15, -0.1) is 0 Å². The third-order valence-corrected chi connectivity index (χ3v) is 8.09. The topological polar surface area (TPSA) is 3.24 Å². The number of aryl methyl sites for hydroxylation is 2. The Morgan fingerprint density at radius 2 is 1.54 bits per heavy atom. The van der Waals surface area contributed by atoms with Gasteiger partial charge in [0.25, 0.3) is 0 Å². The average molecular weight is 500 g/mol. The van der Waals surface area contributed by atoms with E-state index < -0.39 is 6.43 Å². The average Bonchev–Trinajstić information content (AvgIpc) is 3.28. The third kappa shape index (κ3) is 4.92. The Bertz CT molecular complexity index is 1360. The molecular formula is C33H32F3N. The molecule has 3 aromatic rings. The van der Waals surface area contributed by atoms with E-state index in [1.54, 1.807) is 0 Å². The summed E-state index contributed by atoms with van der Waals surface area (Å²) < 4.78 is 40.8. The molecule has 0 radical (unpaired) electrons. The summed E-state index contributed by atoms with van der Waals surface area (Å²) in [5.41, 5.74) is 11.1. The molecule has 0 bridgehead atoms. The minimum atomic E-state index is -2.24. The van der Waals surface area contributed by atoms with Crippen molar-refractivity contribution in [2.75, 3.05) is 19.6 Å². The van der Waals surface area contributed by atoms with E-state index in [4.69, 9.17) is 0 Å². The summed E-state index contributed by atoms with van der Waals surface area (Å²) in [6.07, 6.45) is 5.54. The number of alkyl halides is 2. The Morgan fingerprint density at radius 3 is 2.35 bits per heavy atom. The van der Waals surface area contributed by atoms with Gasteiger partial charge in [0.15, 0.2) is 0 Å². The molecule has 190 valence electrons. The molecule has 0 N–H and O–H groups in total. The summed E-state index contributed by atoms with van der Waals surface area (Å²) in [6, 6.07) is 21.3. The molecule has 0 amide bonds. The molecule has 1 saturated heterocycles. The van der Waals surface area contributed by atoms with Gasteiger partial charge in [-0.1, -0.05) is 66.7 Å². The minimum absolute atomic E-state index is 0.0235. The molecule has 0 unspecified atom stereocenters. The van der Waals surface area contributed by atoms with E-state index in [0.717, 1.165) is 85.0 Å². The van der Waals surface area contributed by atoms with E-state index in [-0.39, 0.29) is 12.2 Å². The second-order valence-electron chi connectivity index (χ2n) is 10.6. The first-order valence-corrected chi connectivity index (χ1v) is 13.5. The van der Waals surface area contributed by atoms with E-state index in [0.29, 0.717) is 6.54 Å². The fourth-order valence-electron chi connectivity index (χ4n) is 6.22. The van der Waals surface area contributed by atoms with Crippen molar-refractivity contribution in [2.24, 2.45) is 0 Å². The van der Waals surface area contributed by atoms with Gasteiger partial charge in [0.2, 0.25) is 6.43 Å². The number of hydrogen-bond donors (Lipinski definition) is 0. The van der Waals surface area contributed by atoms with Gasteiger partial charge in [-0.05, 0) is 88.6 Å². The van der Waals surface area contributed by atoms with Crippen LogP contribution in [0.2, 0.25) is 0 Å². The first-order valence-electron chi connectivity index (χ1n) is 13.5. The van der Waals surface area contributed by atoms with Crippen LogP contribution in [0.4, 0.5) is 13.2 Å². The van der Waals surface area contributed by atoms with Crippen molar-refractivity contribution in [3.8, 4) is 0 Å². The van der Waals surface area contributed by atoms with Crippen LogP contribution >= 0.6 is 0 Å². The van der Waals surface area contributed by atoms with Gasteiger partial charge in [0, 0.05) is 31.6 Å². The molecule has 0 spiro atoms. The van der Waals surface area contributed by atoms with Crippen LogP contribution in [0.1, 0.15) is 64.6 Å². The molecule has 4 heteroatoms. The first-order chi connectivity index (χ1) is 18.1. The quantitative estimate of drug-likeness (QED) is 0.332. The van der Waals surface area contributed by atoms with Crippen molar-refractivity contribution in [3.05, 3.63) is 111 Å². The molecule has 0 aromatic heterocycles. The highest BCUT2D eigenvalue weighted by Crippen LogP contribution is 2.42. The van der Waals surface area contributed by atoms with E-state index >= 15 is 4.39 Å². The maximum Gasteiger partial charge on any atom is 0.239 e. The van der Waals surface area contributed by atoms with E-state index in [9.17, 15) is 8.78 Å². The summed E-state index contributed by atoms with van der Waals surface area (Å²) in [6.45, 7) is 1.97. The van der Waals surface area contributed by atoms with Gasteiger partial charge in [-0.3, -0.25) is 4.90 Å². The summed E-state index contributed by atoms with van der Waals surface area (Å²) in [5, 5.41) is 0. The zero-order chi connectivity index (χ0) is 25.4. The summed E-state index contributed by atoms with van der Waals surface area (Å²) in [5.74, 6) is -0.0235. The number of halogens is 3. The van der Waals surface area contributed by atoms with Crippen LogP contribution in [0.3, 0.4) is 0 Å². The lowest BCUT2D eigenvalue weighted by atomic mass is 9.86. The van der Waals surface area contributed by atoms with Crippen LogP contribution in [0.25, 0.3) is 17.2 Å². The van der Waals surface area contributed by atoms with E-state index in [1.807, 2.05) is 6.07 Å². The van der Waals surface area contributed by atoms with Gasteiger partial charge >= 0.3 is 0 Å². The van der Waals surface area contributed by atoms with Gasteiger partial charge in [-0.25, -0.2) is 13.2 Å². The Morgan fingerprint density at radius 1 is 0.784 bits per heavy atom. The molecule has 0 saturated carbocycles. The van der Waals surface area contributed by atoms with Crippen molar-refractivity contribution in [1.29, 1.82) is 0 Å². The van der Waals surface area contributed by atoms with Crippen molar-refractivity contribution in [3.63, 3.8) is 0 Å². The number of hydrogen-bond acceptors (Lipinski definition) is 1. The Hall–Kier alpha value is -3.11. The lowest BCUT2D eigenvalue weighted by molar-refractivity contribution is 0.111. The maximum atomic E-state index is 15.9. The number of allylic oxidation sites excluding steroid dienone is 1. The highest BCUT2D eigenvalue weighted by Gasteiger charge is 2.25. The molecule has 6 rings (SSSR count). The molecule has 3 aromatic carbocycles. The van der Waals surface area contributed by atoms with Crippen molar-refractivity contribution in [2.45, 2.75) is 51.4 Å². The van der Waals surface area contributed by atoms with Crippen molar-refractivity contribution in [1.82, 2.24) is 4.90 Å². The Kier molecular flexibility index (Phi) is 6.77. The molecule has 2 aliphatic carbocycles. The smallest absolute Gasteiger partial charge is 0.239 e. The first kappa shape index (κ1) is 24.2. The molecule has 3 aliphatic rings. The van der Waals surface area contributed by atoms with Crippen LogP contribution in [-0.2, 0) is 19.3 Å². The standard InChI is InChI=1S/C33H32F3N/c34-31(35)17-18-37-20-23(21-37)19-22-11-13-26(14-12-22)32-27-8-2-1-5-24(27)6-4-10-29(32)30-16-15-25-7-3-9-28(25)33(30)36/h1-2,5,8,11-16,19,31H,3-4,6-7,9-10,17-18,20-21H2. The second-order valence-corrected chi connectivity index (χ2v) is 10.6. The number of nitrogens with zero attached hydrogens (tertiary/aromatic N) is 1. The zero-order valence-electron chi connectivity index (χ0n) is 21.1. The fourth-order valence-corrected chi connectivity index (χ4v) is 6.22. The molecule has 1 fully saturated rings. The van der Waals surface area contributed by atoms with Crippen molar-refractivity contribution >= 4 is 17.2 Å². The number of rotatable bonds is 6. The summed E-state index contributed by atoms with van der Waals surface area (Å²) in [4.78, 5) is 2.05. The van der Waals surface area contributed by atoms with Crippen LogP contribution in [-0.4, -0.2) is 31.0 Å². The normalized spacial score (nSPS) is 17.5.